The highest BCUT2D eigenvalue weighted by Crippen LogP contribution is 2.29. The first-order chi connectivity index (χ1) is 10.7. The van der Waals surface area contributed by atoms with Crippen molar-refractivity contribution in [3.8, 4) is 0 Å². The number of hydrogen-bond donors (Lipinski definition) is 1. The molecule has 0 spiro atoms. The van der Waals surface area contributed by atoms with Crippen LogP contribution in [0.15, 0.2) is 0 Å². The Morgan fingerprint density at radius 2 is 1.64 bits per heavy atom. The Bertz CT molecular complexity index is 454. The fourth-order valence-electron chi connectivity index (χ4n) is 3.86. The molecule has 1 aliphatic carbocycles. The topological polar surface area (TPSA) is 69.7 Å². The van der Waals surface area contributed by atoms with Gasteiger partial charge in [-0.3, -0.25) is 14.5 Å². The lowest BCUT2D eigenvalue weighted by atomic mass is 9.84. The van der Waals surface area contributed by atoms with Gasteiger partial charge in [-0.25, -0.2) is 4.79 Å². The minimum absolute atomic E-state index is 0.103. The highest BCUT2D eigenvalue weighted by atomic mass is 16.2. The molecule has 3 aliphatic rings. The molecule has 0 aromatic heterocycles. The summed E-state index contributed by atoms with van der Waals surface area (Å²) in [4.78, 5) is 39.8. The largest absolute Gasteiger partial charge is 0.341 e. The van der Waals surface area contributed by atoms with Crippen LogP contribution in [-0.4, -0.2) is 53.3 Å². The fourth-order valence-corrected chi connectivity index (χ4v) is 3.86. The number of likely N-dealkylation sites (tertiary alicyclic amines) is 1. The Morgan fingerprint density at radius 1 is 1.00 bits per heavy atom. The summed E-state index contributed by atoms with van der Waals surface area (Å²) in [6, 6.07) is -0.812. The van der Waals surface area contributed by atoms with Gasteiger partial charge in [-0.05, 0) is 38.0 Å². The van der Waals surface area contributed by atoms with Crippen LogP contribution in [0, 0.1) is 5.92 Å². The molecule has 0 aromatic carbocycles. The highest BCUT2D eigenvalue weighted by molar-refractivity contribution is 6.06. The Kier molecular flexibility index (Phi) is 4.64. The molecule has 1 N–H and O–H groups in total. The maximum absolute atomic E-state index is 12.5. The molecule has 1 saturated carbocycles. The lowest BCUT2D eigenvalue weighted by molar-refractivity contribution is -0.138. The molecule has 3 rings (SSSR count). The van der Waals surface area contributed by atoms with E-state index in [0.29, 0.717) is 0 Å². The number of rotatable bonds is 3. The van der Waals surface area contributed by atoms with E-state index in [-0.39, 0.29) is 24.3 Å². The Balaban J connectivity index is 1.60. The Morgan fingerprint density at radius 3 is 2.32 bits per heavy atom. The number of nitrogens with zero attached hydrogens (tertiary/aromatic N) is 2. The lowest BCUT2D eigenvalue weighted by Gasteiger charge is -2.28. The van der Waals surface area contributed by atoms with Gasteiger partial charge in [-0.15, -0.1) is 0 Å². The first-order valence-electron chi connectivity index (χ1n) is 8.56. The highest BCUT2D eigenvalue weighted by Gasteiger charge is 2.43. The van der Waals surface area contributed by atoms with Gasteiger partial charge >= 0.3 is 6.03 Å². The summed E-state index contributed by atoms with van der Waals surface area (Å²) in [5, 5.41) is 2.80. The van der Waals surface area contributed by atoms with Crippen molar-refractivity contribution >= 4 is 17.8 Å². The summed E-state index contributed by atoms with van der Waals surface area (Å²) in [6.45, 7) is 1.39. The third kappa shape index (κ3) is 3.10. The van der Waals surface area contributed by atoms with Gasteiger partial charge in [0.25, 0.3) is 5.91 Å². The summed E-state index contributed by atoms with van der Waals surface area (Å²) >= 11 is 0. The molecule has 0 unspecified atom stereocenters. The van der Waals surface area contributed by atoms with E-state index in [1.54, 1.807) is 4.90 Å². The van der Waals surface area contributed by atoms with E-state index in [1.807, 2.05) is 0 Å². The van der Waals surface area contributed by atoms with E-state index in [4.69, 9.17) is 0 Å². The predicted molar refractivity (Wildman–Crippen MR) is 81.0 cm³/mol. The molecule has 2 heterocycles. The van der Waals surface area contributed by atoms with Crippen LogP contribution in [0.4, 0.5) is 4.79 Å². The number of urea groups is 1. The van der Waals surface area contributed by atoms with Crippen LogP contribution in [-0.2, 0) is 9.59 Å². The number of piperidine rings is 1. The van der Waals surface area contributed by atoms with Crippen LogP contribution in [0.1, 0.15) is 51.4 Å². The van der Waals surface area contributed by atoms with Gasteiger partial charge in [0.15, 0.2) is 0 Å². The second kappa shape index (κ2) is 6.67. The van der Waals surface area contributed by atoms with Gasteiger partial charge in [-0.1, -0.05) is 19.3 Å². The van der Waals surface area contributed by atoms with Crippen molar-refractivity contribution in [1.29, 1.82) is 0 Å². The molecule has 6 nitrogen and oxygen atoms in total. The van der Waals surface area contributed by atoms with Crippen molar-refractivity contribution in [2.75, 3.05) is 19.6 Å². The Hall–Kier alpha value is -1.59. The molecule has 0 bridgehead atoms. The van der Waals surface area contributed by atoms with E-state index >= 15 is 0 Å². The predicted octanol–water partition coefficient (Wildman–Crippen LogP) is 1.50. The summed E-state index contributed by atoms with van der Waals surface area (Å²) in [5.41, 5.74) is 0. The molecule has 6 heteroatoms. The van der Waals surface area contributed by atoms with Crippen molar-refractivity contribution in [1.82, 2.24) is 15.1 Å². The zero-order valence-corrected chi connectivity index (χ0v) is 13.1. The first-order valence-corrected chi connectivity index (χ1v) is 8.56. The van der Waals surface area contributed by atoms with Crippen molar-refractivity contribution in [3.05, 3.63) is 0 Å². The number of carbonyl (C=O) groups is 3. The lowest BCUT2D eigenvalue weighted by Crippen LogP contribution is -2.45. The molecular weight excluding hydrogens is 282 g/mol. The normalized spacial score (nSPS) is 27.2. The standard InChI is InChI=1S/C16H25N3O3/c20-13(18-9-5-2-6-10-18)11-19-15(21)14(17-16(19)22)12-7-3-1-4-8-12/h12,14H,1-11H2,(H,17,22)/t14-/m0/s1. The molecule has 3 fully saturated rings. The number of carbonyl (C=O) groups excluding carboxylic acids is 3. The molecular formula is C16H25N3O3. The van der Waals surface area contributed by atoms with Gasteiger partial charge in [-0.2, -0.15) is 0 Å². The van der Waals surface area contributed by atoms with Gasteiger partial charge in [0.1, 0.15) is 12.6 Å². The fraction of sp³-hybridized carbons (Fsp3) is 0.812. The third-order valence-electron chi connectivity index (χ3n) is 5.18. The minimum atomic E-state index is -0.415. The van der Waals surface area contributed by atoms with E-state index in [2.05, 4.69) is 5.32 Å². The maximum atomic E-state index is 12.5. The first kappa shape index (κ1) is 15.3. The van der Waals surface area contributed by atoms with Gasteiger partial charge in [0.05, 0.1) is 0 Å². The van der Waals surface area contributed by atoms with Crippen molar-refractivity contribution < 1.29 is 14.4 Å². The van der Waals surface area contributed by atoms with Crippen molar-refractivity contribution in [2.24, 2.45) is 5.92 Å². The maximum Gasteiger partial charge on any atom is 0.325 e. The van der Waals surface area contributed by atoms with Crippen LogP contribution < -0.4 is 5.32 Å². The molecule has 4 amide bonds. The third-order valence-corrected chi connectivity index (χ3v) is 5.18. The van der Waals surface area contributed by atoms with E-state index in [9.17, 15) is 14.4 Å². The monoisotopic (exact) mass is 307 g/mol. The van der Waals surface area contributed by atoms with Crippen LogP contribution in [0.25, 0.3) is 0 Å². The molecule has 0 radical (unpaired) electrons. The van der Waals surface area contributed by atoms with E-state index < -0.39 is 12.1 Å². The van der Waals surface area contributed by atoms with Crippen LogP contribution in [0.3, 0.4) is 0 Å². The number of nitrogens with one attached hydrogen (secondary N) is 1. The molecule has 2 aliphatic heterocycles. The molecule has 22 heavy (non-hydrogen) atoms. The summed E-state index contributed by atoms with van der Waals surface area (Å²) in [5.74, 6) is -0.0740. The van der Waals surface area contributed by atoms with Crippen molar-refractivity contribution in [2.45, 2.75) is 57.4 Å². The average molecular weight is 307 g/mol. The number of imide groups is 1. The second-order valence-corrected chi connectivity index (χ2v) is 6.69. The second-order valence-electron chi connectivity index (χ2n) is 6.69. The van der Waals surface area contributed by atoms with E-state index in [1.165, 1.54) is 6.42 Å². The zero-order chi connectivity index (χ0) is 15.5. The zero-order valence-electron chi connectivity index (χ0n) is 13.1. The van der Waals surface area contributed by atoms with Gasteiger partial charge < -0.3 is 10.2 Å². The van der Waals surface area contributed by atoms with Crippen LogP contribution in [0.2, 0.25) is 0 Å². The van der Waals surface area contributed by atoms with Crippen LogP contribution in [0.5, 0.6) is 0 Å². The molecule has 2 saturated heterocycles. The molecule has 0 aromatic rings. The van der Waals surface area contributed by atoms with Gasteiger partial charge in [0, 0.05) is 13.1 Å². The summed E-state index contributed by atoms with van der Waals surface area (Å²) in [6.07, 6.45) is 8.61. The Labute approximate surface area is 131 Å². The quantitative estimate of drug-likeness (QED) is 0.803. The number of hydrogen-bond acceptors (Lipinski definition) is 3. The number of amides is 4. The smallest absolute Gasteiger partial charge is 0.325 e. The molecule has 1 atom stereocenters. The van der Waals surface area contributed by atoms with Crippen molar-refractivity contribution in [3.63, 3.8) is 0 Å². The SMILES string of the molecule is O=C(CN1C(=O)N[C@@H](C2CCCCC2)C1=O)N1CCCCC1. The van der Waals surface area contributed by atoms with Crippen LogP contribution >= 0.6 is 0 Å². The average Bonchev–Trinajstić information content (AvgIpc) is 2.84. The molecule has 122 valence electrons. The summed E-state index contributed by atoms with van der Waals surface area (Å²) in [7, 11) is 0. The van der Waals surface area contributed by atoms with E-state index in [0.717, 1.165) is 62.9 Å². The minimum Gasteiger partial charge on any atom is -0.341 e. The summed E-state index contributed by atoms with van der Waals surface area (Å²) < 4.78 is 0. The van der Waals surface area contributed by atoms with Gasteiger partial charge in [0.2, 0.25) is 5.91 Å².